The molecule has 3 N–H and O–H groups in total. The van der Waals surface area contributed by atoms with Gasteiger partial charge in [0.1, 0.15) is 5.69 Å². The van der Waals surface area contributed by atoms with Crippen LogP contribution in [0.1, 0.15) is 17.4 Å². The van der Waals surface area contributed by atoms with Crippen molar-refractivity contribution in [2.75, 3.05) is 19.6 Å². The summed E-state index contributed by atoms with van der Waals surface area (Å²) in [6.07, 6.45) is 0. The van der Waals surface area contributed by atoms with Crippen LogP contribution in [0.2, 0.25) is 0 Å². The van der Waals surface area contributed by atoms with Crippen molar-refractivity contribution in [3.8, 4) is 11.3 Å². The Morgan fingerprint density at radius 3 is 2.79 bits per heavy atom. The molecule has 19 heavy (non-hydrogen) atoms. The fourth-order valence-electron chi connectivity index (χ4n) is 1.73. The molecule has 2 aromatic rings. The quantitative estimate of drug-likeness (QED) is 0.686. The third-order valence-electron chi connectivity index (χ3n) is 2.73. The number of hydrogen-bond donors (Lipinski definition) is 3. The van der Waals surface area contributed by atoms with Crippen molar-refractivity contribution in [1.82, 2.24) is 20.8 Å². The molecule has 2 rings (SSSR count). The van der Waals surface area contributed by atoms with Gasteiger partial charge in [0.25, 0.3) is 5.91 Å². The monoisotopic (exact) mass is 258 g/mol. The average molecular weight is 258 g/mol. The second-order valence-electron chi connectivity index (χ2n) is 4.14. The molecule has 1 amide bonds. The van der Waals surface area contributed by atoms with Gasteiger partial charge in [-0.25, -0.2) is 0 Å². The minimum absolute atomic E-state index is 0.132. The van der Waals surface area contributed by atoms with Crippen LogP contribution in [0.15, 0.2) is 36.4 Å². The molecule has 0 radical (unpaired) electrons. The molecule has 0 aliphatic heterocycles. The lowest BCUT2D eigenvalue weighted by atomic mass is 10.1. The highest BCUT2D eigenvalue weighted by Gasteiger charge is 2.09. The van der Waals surface area contributed by atoms with E-state index in [9.17, 15) is 4.79 Å². The Labute approximate surface area is 112 Å². The molecule has 0 bridgehead atoms. The van der Waals surface area contributed by atoms with E-state index in [0.717, 1.165) is 24.3 Å². The topological polar surface area (TPSA) is 69.8 Å². The van der Waals surface area contributed by atoms with Crippen LogP contribution in [-0.4, -0.2) is 35.7 Å². The summed E-state index contributed by atoms with van der Waals surface area (Å²) in [5.74, 6) is -0.132. The molecule has 0 atom stereocenters. The van der Waals surface area contributed by atoms with Crippen molar-refractivity contribution >= 4 is 5.91 Å². The Balaban J connectivity index is 1.95. The summed E-state index contributed by atoms with van der Waals surface area (Å²) >= 11 is 0. The van der Waals surface area contributed by atoms with Gasteiger partial charge in [0, 0.05) is 18.7 Å². The second kappa shape index (κ2) is 6.70. The Hall–Kier alpha value is -2.14. The van der Waals surface area contributed by atoms with Crippen LogP contribution in [0.4, 0.5) is 0 Å². The first-order valence-electron chi connectivity index (χ1n) is 6.41. The zero-order chi connectivity index (χ0) is 13.5. The number of carbonyl (C=O) groups is 1. The number of aromatic amines is 1. The van der Waals surface area contributed by atoms with Gasteiger partial charge in [-0.1, -0.05) is 37.3 Å². The van der Waals surface area contributed by atoms with Crippen molar-refractivity contribution < 1.29 is 4.79 Å². The van der Waals surface area contributed by atoms with E-state index in [2.05, 4.69) is 20.8 Å². The number of carbonyl (C=O) groups excluding carboxylic acids is 1. The van der Waals surface area contributed by atoms with Crippen molar-refractivity contribution in [2.24, 2.45) is 0 Å². The standard InChI is InChI=1S/C14H18N4O/c1-2-15-8-9-16-14(19)13-10-12(17-18-13)11-6-4-3-5-7-11/h3-7,10,15H,2,8-9H2,1H3,(H,16,19)(H,17,18). The van der Waals surface area contributed by atoms with Gasteiger partial charge in [0.2, 0.25) is 0 Å². The summed E-state index contributed by atoms with van der Waals surface area (Å²) in [7, 11) is 0. The highest BCUT2D eigenvalue weighted by atomic mass is 16.1. The number of benzene rings is 1. The average Bonchev–Trinajstić information content (AvgIpc) is 2.94. The molecule has 1 heterocycles. The molecule has 1 aromatic carbocycles. The Bertz CT molecular complexity index is 521. The number of hydrogen-bond acceptors (Lipinski definition) is 3. The second-order valence-corrected chi connectivity index (χ2v) is 4.14. The van der Waals surface area contributed by atoms with Gasteiger partial charge in [0.05, 0.1) is 5.69 Å². The zero-order valence-electron chi connectivity index (χ0n) is 10.9. The Morgan fingerprint density at radius 1 is 1.26 bits per heavy atom. The predicted molar refractivity (Wildman–Crippen MR) is 74.9 cm³/mol. The SMILES string of the molecule is CCNCCNC(=O)c1cc(-c2ccccc2)n[nH]1. The van der Waals surface area contributed by atoms with Crippen molar-refractivity contribution in [2.45, 2.75) is 6.92 Å². The fraction of sp³-hybridized carbons (Fsp3) is 0.286. The Morgan fingerprint density at radius 2 is 2.05 bits per heavy atom. The van der Waals surface area contributed by atoms with Crippen molar-refractivity contribution in [1.29, 1.82) is 0 Å². The smallest absolute Gasteiger partial charge is 0.269 e. The highest BCUT2D eigenvalue weighted by molar-refractivity contribution is 5.93. The van der Waals surface area contributed by atoms with Gasteiger partial charge in [0.15, 0.2) is 0 Å². The van der Waals surface area contributed by atoms with Gasteiger partial charge < -0.3 is 10.6 Å². The van der Waals surface area contributed by atoms with E-state index in [1.165, 1.54) is 0 Å². The maximum absolute atomic E-state index is 11.8. The number of amides is 1. The van der Waals surface area contributed by atoms with E-state index in [-0.39, 0.29) is 5.91 Å². The number of likely N-dealkylation sites (N-methyl/N-ethyl adjacent to an activating group) is 1. The maximum atomic E-state index is 11.8. The van der Waals surface area contributed by atoms with Crippen LogP contribution in [0, 0.1) is 0 Å². The number of aromatic nitrogens is 2. The molecular weight excluding hydrogens is 240 g/mol. The van der Waals surface area contributed by atoms with Crippen LogP contribution in [0.3, 0.4) is 0 Å². The van der Waals surface area contributed by atoms with Gasteiger partial charge in [-0.3, -0.25) is 9.89 Å². The van der Waals surface area contributed by atoms with E-state index >= 15 is 0 Å². The van der Waals surface area contributed by atoms with Crippen LogP contribution in [0.5, 0.6) is 0 Å². The minimum Gasteiger partial charge on any atom is -0.349 e. The lowest BCUT2D eigenvalue weighted by Gasteiger charge is -2.03. The van der Waals surface area contributed by atoms with E-state index < -0.39 is 0 Å². The minimum atomic E-state index is -0.132. The van der Waals surface area contributed by atoms with E-state index in [1.54, 1.807) is 6.07 Å². The molecule has 5 nitrogen and oxygen atoms in total. The van der Waals surface area contributed by atoms with Crippen LogP contribution in [0.25, 0.3) is 11.3 Å². The van der Waals surface area contributed by atoms with Gasteiger partial charge in [-0.15, -0.1) is 0 Å². The molecule has 0 aliphatic carbocycles. The van der Waals surface area contributed by atoms with E-state index in [1.807, 2.05) is 37.3 Å². The lowest BCUT2D eigenvalue weighted by Crippen LogP contribution is -2.31. The molecular formula is C14H18N4O. The third kappa shape index (κ3) is 3.66. The summed E-state index contributed by atoms with van der Waals surface area (Å²) < 4.78 is 0. The number of rotatable bonds is 6. The summed E-state index contributed by atoms with van der Waals surface area (Å²) in [5, 5.41) is 12.9. The molecule has 5 heteroatoms. The highest BCUT2D eigenvalue weighted by Crippen LogP contribution is 2.16. The van der Waals surface area contributed by atoms with Gasteiger partial charge >= 0.3 is 0 Å². The first kappa shape index (κ1) is 13.3. The third-order valence-corrected chi connectivity index (χ3v) is 2.73. The lowest BCUT2D eigenvalue weighted by molar-refractivity contribution is 0.0949. The van der Waals surface area contributed by atoms with Gasteiger partial charge in [-0.2, -0.15) is 5.10 Å². The van der Waals surface area contributed by atoms with E-state index in [0.29, 0.717) is 12.2 Å². The number of nitrogens with one attached hydrogen (secondary N) is 3. The van der Waals surface area contributed by atoms with Gasteiger partial charge in [-0.05, 0) is 12.6 Å². The fourth-order valence-corrected chi connectivity index (χ4v) is 1.73. The first-order valence-corrected chi connectivity index (χ1v) is 6.41. The molecule has 1 aromatic heterocycles. The Kier molecular flexibility index (Phi) is 4.69. The summed E-state index contributed by atoms with van der Waals surface area (Å²) in [5.41, 5.74) is 2.25. The van der Waals surface area contributed by atoms with Crippen molar-refractivity contribution in [3.63, 3.8) is 0 Å². The molecule has 0 fully saturated rings. The first-order chi connectivity index (χ1) is 9.31. The number of H-pyrrole nitrogens is 1. The maximum Gasteiger partial charge on any atom is 0.269 e. The molecule has 0 spiro atoms. The molecule has 0 unspecified atom stereocenters. The normalized spacial score (nSPS) is 10.4. The van der Waals surface area contributed by atoms with Crippen molar-refractivity contribution in [3.05, 3.63) is 42.1 Å². The summed E-state index contributed by atoms with van der Waals surface area (Å²) in [6, 6.07) is 11.5. The molecule has 0 aliphatic rings. The van der Waals surface area contributed by atoms with Crippen LogP contribution in [-0.2, 0) is 0 Å². The molecule has 0 saturated carbocycles. The van der Waals surface area contributed by atoms with Crippen LogP contribution < -0.4 is 10.6 Å². The zero-order valence-corrected chi connectivity index (χ0v) is 10.9. The molecule has 100 valence electrons. The van der Waals surface area contributed by atoms with E-state index in [4.69, 9.17) is 0 Å². The number of nitrogens with zero attached hydrogens (tertiary/aromatic N) is 1. The van der Waals surface area contributed by atoms with Crippen LogP contribution >= 0.6 is 0 Å². The molecule has 0 saturated heterocycles. The summed E-state index contributed by atoms with van der Waals surface area (Å²) in [6.45, 7) is 4.30. The largest absolute Gasteiger partial charge is 0.349 e. The summed E-state index contributed by atoms with van der Waals surface area (Å²) in [4.78, 5) is 11.8. The predicted octanol–water partition coefficient (Wildman–Crippen LogP) is 1.42.